The van der Waals surface area contributed by atoms with Gasteiger partial charge in [-0.3, -0.25) is 4.79 Å². The van der Waals surface area contributed by atoms with E-state index in [-0.39, 0.29) is 17.0 Å². The zero-order valence-corrected chi connectivity index (χ0v) is 11.8. The summed E-state index contributed by atoms with van der Waals surface area (Å²) in [5, 5.41) is 0.403. The van der Waals surface area contributed by atoms with Crippen LogP contribution in [0.4, 0.5) is 4.39 Å². The Morgan fingerprint density at radius 1 is 1.05 bits per heavy atom. The summed E-state index contributed by atoms with van der Waals surface area (Å²) in [7, 11) is 0. The maximum Gasteiger partial charge on any atom is 0.195 e. The van der Waals surface area contributed by atoms with Crippen LogP contribution in [0.25, 0.3) is 10.9 Å². The molecule has 0 saturated heterocycles. The van der Waals surface area contributed by atoms with E-state index in [0.29, 0.717) is 22.0 Å². The SMILES string of the molecule is CC1(C)c2ccccc2C(=O)c2c1[nH]c1cccc(F)c21. The molecule has 1 aliphatic carbocycles. The fraction of sp³-hybridized carbons (Fsp3) is 0.167. The summed E-state index contributed by atoms with van der Waals surface area (Å²) in [4.78, 5) is 16.1. The van der Waals surface area contributed by atoms with E-state index in [0.717, 1.165) is 11.3 Å². The molecule has 1 aliphatic rings. The summed E-state index contributed by atoms with van der Waals surface area (Å²) >= 11 is 0. The van der Waals surface area contributed by atoms with Gasteiger partial charge in [0, 0.05) is 27.6 Å². The van der Waals surface area contributed by atoms with E-state index in [1.54, 1.807) is 6.07 Å². The maximum absolute atomic E-state index is 14.2. The van der Waals surface area contributed by atoms with E-state index in [9.17, 15) is 9.18 Å². The summed E-state index contributed by atoms with van der Waals surface area (Å²) in [5.41, 5.74) is 3.24. The number of hydrogen-bond acceptors (Lipinski definition) is 1. The highest BCUT2D eigenvalue weighted by Gasteiger charge is 2.39. The van der Waals surface area contributed by atoms with Crippen molar-refractivity contribution in [2.24, 2.45) is 0 Å². The summed E-state index contributed by atoms with van der Waals surface area (Å²) in [5.74, 6) is -0.454. The van der Waals surface area contributed by atoms with Crippen LogP contribution in [-0.4, -0.2) is 10.8 Å². The molecule has 3 aromatic rings. The Kier molecular flexibility index (Phi) is 2.24. The van der Waals surface area contributed by atoms with Gasteiger partial charge in [-0.25, -0.2) is 4.39 Å². The molecular weight excluding hydrogens is 265 g/mol. The van der Waals surface area contributed by atoms with Crippen LogP contribution >= 0.6 is 0 Å². The molecule has 4 rings (SSSR count). The smallest absolute Gasteiger partial charge is 0.195 e. The molecule has 1 N–H and O–H groups in total. The number of rotatable bonds is 0. The van der Waals surface area contributed by atoms with Crippen LogP contribution in [0, 0.1) is 5.82 Å². The van der Waals surface area contributed by atoms with E-state index in [1.807, 2.05) is 30.3 Å². The minimum Gasteiger partial charge on any atom is -0.357 e. The maximum atomic E-state index is 14.2. The minimum absolute atomic E-state index is 0.101. The molecule has 3 heteroatoms. The molecule has 0 atom stereocenters. The van der Waals surface area contributed by atoms with Crippen LogP contribution < -0.4 is 0 Å². The summed E-state index contributed by atoms with van der Waals surface area (Å²) < 4.78 is 14.2. The molecule has 104 valence electrons. The molecule has 0 amide bonds. The summed E-state index contributed by atoms with van der Waals surface area (Å²) in [6, 6.07) is 12.4. The lowest BCUT2D eigenvalue weighted by Crippen LogP contribution is -2.30. The number of carbonyl (C=O) groups excluding carboxylic acids is 1. The zero-order valence-electron chi connectivity index (χ0n) is 11.8. The fourth-order valence-corrected chi connectivity index (χ4v) is 3.40. The van der Waals surface area contributed by atoms with Crippen molar-refractivity contribution in [1.29, 1.82) is 0 Å². The standard InChI is InChI=1S/C18H14FNO/c1-18(2)11-7-4-3-6-10(11)16(21)15-14-12(19)8-5-9-13(14)20-17(15)18/h3-9,20H,1-2H3. The topological polar surface area (TPSA) is 32.9 Å². The van der Waals surface area contributed by atoms with Crippen LogP contribution in [0.3, 0.4) is 0 Å². The van der Waals surface area contributed by atoms with Gasteiger partial charge in [0.2, 0.25) is 0 Å². The van der Waals surface area contributed by atoms with E-state index in [1.165, 1.54) is 6.07 Å². The molecule has 0 bridgehead atoms. The molecule has 1 heterocycles. The Morgan fingerprint density at radius 3 is 2.62 bits per heavy atom. The number of carbonyl (C=O) groups is 1. The molecule has 2 aromatic carbocycles. The molecular formula is C18H14FNO. The van der Waals surface area contributed by atoms with Crippen LogP contribution in [0.2, 0.25) is 0 Å². The highest BCUT2D eigenvalue weighted by atomic mass is 19.1. The lowest BCUT2D eigenvalue weighted by molar-refractivity contribution is 0.103. The number of aromatic nitrogens is 1. The average molecular weight is 279 g/mol. The second kappa shape index (κ2) is 3.82. The van der Waals surface area contributed by atoms with E-state index in [2.05, 4.69) is 18.8 Å². The van der Waals surface area contributed by atoms with Gasteiger partial charge in [0.05, 0.1) is 5.56 Å². The number of hydrogen-bond donors (Lipinski definition) is 1. The van der Waals surface area contributed by atoms with Crippen LogP contribution in [-0.2, 0) is 5.41 Å². The normalized spacial score (nSPS) is 15.9. The van der Waals surface area contributed by atoms with Gasteiger partial charge in [-0.1, -0.05) is 44.2 Å². The predicted octanol–water partition coefficient (Wildman–Crippen LogP) is 4.18. The van der Waals surface area contributed by atoms with Crippen molar-refractivity contribution in [1.82, 2.24) is 4.98 Å². The quantitative estimate of drug-likeness (QED) is 0.658. The Hall–Kier alpha value is -2.42. The number of ketones is 1. The molecule has 0 fully saturated rings. The predicted molar refractivity (Wildman–Crippen MR) is 80.3 cm³/mol. The fourth-order valence-electron chi connectivity index (χ4n) is 3.40. The largest absolute Gasteiger partial charge is 0.357 e. The second-order valence-electron chi connectivity index (χ2n) is 6.04. The van der Waals surface area contributed by atoms with Crippen molar-refractivity contribution in [3.05, 3.63) is 70.7 Å². The number of nitrogens with one attached hydrogen (secondary N) is 1. The Balaban J connectivity index is 2.18. The van der Waals surface area contributed by atoms with Gasteiger partial charge in [0.15, 0.2) is 5.78 Å². The number of halogens is 1. The van der Waals surface area contributed by atoms with Crippen molar-refractivity contribution in [3.8, 4) is 0 Å². The van der Waals surface area contributed by atoms with Gasteiger partial charge in [-0.2, -0.15) is 0 Å². The van der Waals surface area contributed by atoms with Crippen LogP contribution in [0.1, 0.15) is 41.0 Å². The third kappa shape index (κ3) is 1.43. The first-order valence-electron chi connectivity index (χ1n) is 6.96. The molecule has 0 aliphatic heterocycles. The lowest BCUT2D eigenvalue weighted by Gasteiger charge is -2.31. The van der Waals surface area contributed by atoms with E-state index < -0.39 is 0 Å². The zero-order chi connectivity index (χ0) is 14.8. The van der Waals surface area contributed by atoms with Crippen molar-refractivity contribution in [3.63, 3.8) is 0 Å². The Morgan fingerprint density at radius 2 is 1.81 bits per heavy atom. The first kappa shape index (κ1) is 12.3. The number of fused-ring (bicyclic) bond motifs is 4. The highest BCUT2D eigenvalue weighted by Crippen LogP contribution is 2.43. The average Bonchev–Trinajstić information content (AvgIpc) is 2.87. The Bertz CT molecular complexity index is 905. The molecule has 2 nitrogen and oxygen atoms in total. The molecule has 0 spiro atoms. The van der Waals surface area contributed by atoms with E-state index >= 15 is 0 Å². The van der Waals surface area contributed by atoms with Crippen molar-refractivity contribution in [2.45, 2.75) is 19.3 Å². The summed E-state index contributed by atoms with van der Waals surface area (Å²) in [6.07, 6.45) is 0. The first-order valence-corrected chi connectivity index (χ1v) is 6.96. The molecule has 0 radical (unpaired) electrons. The molecule has 0 unspecified atom stereocenters. The van der Waals surface area contributed by atoms with Crippen molar-refractivity contribution in [2.75, 3.05) is 0 Å². The molecule has 21 heavy (non-hydrogen) atoms. The minimum atomic E-state index is -0.356. The van der Waals surface area contributed by atoms with Crippen LogP contribution in [0.15, 0.2) is 42.5 Å². The van der Waals surface area contributed by atoms with E-state index in [4.69, 9.17) is 0 Å². The van der Waals surface area contributed by atoms with Gasteiger partial charge in [0.25, 0.3) is 0 Å². The van der Waals surface area contributed by atoms with Gasteiger partial charge < -0.3 is 4.98 Å². The summed E-state index contributed by atoms with van der Waals surface area (Å²) in [6.45, 7) is 4.12. The van der Waals surface area contributed by atoms with Gasteiger partial charge in [0.1, 0.15) is 5.82 Å². The number of benzene rings is 2. The highest BCUT2D eigenvalue weighted by molar-refractivity contribution is 6.20. The third-order valence-corrected chi connectivity index (χ3v) is 4.47. The van der Waals surface area contributed by atoms with Crippen LogP contribution in [0.5, 0.6) is 0 Å². The van der Waals surface area contributed by atoms with Gasteiger partial charge in [-0.05, 0) is 17.7 Å². The first-order chi connectivity index (χ1) is 10.0. The molecule has 0 saturated carbocycles. The Labute approximate surface area is 121 Å². The lowest BCUT2D eigenvalue weighted by atomic mass is 9.71. The van der Waals surface area contributed by atoms with Crippen molar-refractivity contribution < 1.29 is 9.18 Å². The molecule has 1 aromatic heterocycles. The monoisotopic (exact) mass is 279 g/mol. The second-order valence-corrected chi connectivity index (χ2v) is 6.04. The van der Waals surface area contributed by atoms with Gasteiger partial charge in [-0.15, -0.1) is 0 Å². The number of H-pyrrole nitrogens is 1. The van der Waals surface area contributed by atoms with Gasteiger partial charge >= 0.3 is 0 Å². The third-order valence-electron chi connectivity index (χ3n) is 4.47. The number of aromatic amines is 1. The van der Waals surface area contributed by atoms with Crippen molar-refractivity contribution >= 4 is 16.7 Å².